The Morgan fingerprint density at radius 2 is 2.11 bits per heavy atom. The second-order valence-corrected chi connectivity index (χ2v) is 7.96. The van der Waals surface area contributed by atoms with Gasteiger partial charge in [0.1, 0.15) is 6.61 Å². The van der Waals surface area contributed by atoms with E-state index in [4.69, 9.17) is 22.1 Å². The quantitative estimate of drug-likeness (QED) is 0.695. The summed E-state index contributed by atoms with van der Waals surface area (Å²) in [5.74, 6) is 0. The number of carbonyl (C=O) groups is 1. The molecule has 0 unspecified atom stereocenters. The molecule has 0 saturated carbocycles. The number of hydrogen-bond donors (Lipinski definition) is 2. The second kappa shape index (κ2) is 7.72. The smallest absolute Gasteiger partial charge is 0.410 e. The van der Waals surface area contributed by atoms with Crippen LogP contribution < -0.4 is 11.1 Å². The van der Waals surface area contributed by atoms with Crippen LogP contribution in [0.3, 0.4) is 0 Å². The van der Waals surface area contributed by atoms with Crippen molar-refractivity contribution >= 4 is 44.4 Å². The number of benzene rings is 2. The number of nitrogens with zero attached hydrogens (tertiary/aromatic N) is 2. The Kier molecular flexibility index (Phi) is 5.15. The van der Waals surface area contributed by atoms with Crippen molar-refractivity contribution in [2.75, 3.05) is 18.4 Å². The van der Waals surface area contributed by atoms with Crippen molar-refractivity contribution in [1.82, 2.24) is 9.88 Å². The molecule has 0 spiro atoms. The maximum Gasteiger partial charge on any atom is 0.410 e. The third-order valence-corrected chi connectivity index (χ3v) is 5.67. The summed E-state index contributed by atoms with van der Waals surface area (Å²) in [5.41, 5.74) is 8.07. The van der Waals surface area contributed by atoms with E-state index in [0.29, 0.717) is 18.1 Å². The number of aromatic nitrogens is 1. The highest BCUT2D eigenvalue weighted by Crippen LogP contribution is 2.29. The molecule has 2 atom stereocenters. The number of carbonyl (C=O) groups excluding carboxylic acids is 1. The van der Waals surface area contributed by atoms with E-state index in [1.807, 2.05) is 48.5 Å². The first-order chi connectivity index (χ1) is 13.1. The summed E-state index contributed by atoms with van der Waals surface area (Å²) >= 11 is 7.55. The molecule has 0 radical (unpaired) electrons. The van der Waals surface area contributed by atoms with Gasteiger partial charge in [-0.3, -0.25) is 0 Å². The molecule has 8 heteroatoms. The molecule has 1 aliphatic heterocycles. The van der Waals surface area contributed by atoms with Crippen molar-refractivity contribution in [3.63, 3.8) is 0 Å². The highest BCUT2D eigenvalue weighted by molar-refractivity contribution is 7.22. The van der Waals surface area contributed by atoms with Crippen molar-refractivity contribution in [1.29, 1.82) is 0 Å². The van der Waals surface area contributed by atoms with Crippen molar-refractivity contribution in [3.05, 3.63) is 59.1 Å². The molecule has 4 rings (SSSR count). The van der Waals surface area contributed by atoms with E-state index in [-0.39, 0.29) is 24.8 Å². The molecule has 140 valence electrons. The lowest BCUT2D eigenvalue weighted by molar-refractivity contribution is 0.104. The number of hydrogen-bond acceptors (Lipinski definition) is 6. The molecule has 1 saturated heterocycles. The predicted octanol–water partition coefficient (Wildman–Crippen LogP) is 3.71. The zero-order chi connectivity index (χ0) is 18.8. The fourth-order valence-corrected chi connectivity index (χ4v) is 4.26. The maximum atomic E-state index is 12.3. The molecule has 6 nitrogen and oxygen atoms in total. The van der Waals surface area contributed by atoms with E-state index in [9.17, 15) is 4.79 Å². The Morgan fingerprint density at radius 1 is 1.30 bits per heavy atom. The van der Waals surface area contributed by atoms with Gasteiger partial charge in [0, 0.05) is 24.2 Å². The largest absolute Gasteiger partial charge is 0.445 e. The van der Waals surface area contributed by atoms with Gasteiger partial charge in [-0.15, -0.1) is 0 Å². The van der Waals surface area contributed by atoms with Gasteiger partial charge < -0.3 is 20.7 Å². The Balaban J connectivity index is 1.36. The molecule has 3 N–H and O–H groups in total. The van der Waals surface area contributed by atoms with Crippen LogP contribution in [-0.4, -0.2) is 41.2 Å². The van der Waals surface area contributed by atoms with Crippen LogP contribution in [0.5, 0.6) is 0 Å². The summed E-state index contributed by atoms with van der Waals surface area (Å²) in [6.07, 6.45) is -0.352. The molecule has 1 aromatic heterocycles. The Labute approximate surface area is 165 Å². The molecule has 0 bridgehead atoms. The van der Waals surface area contributed by atoms with Gasteiger partial charge in [-0.05, 0) is 23.8 Å². The van der Waals surface area contributed by atoms with E-state index in [1.54, 1.807) is 4.90 Å². The van der Waals surface area contributed by atoms with Gasteiger partial charge in [-0.1, -0.05) is 53.3 Å². The maximum absolute atomic E-state index is 12.3. The number of nitrogens with two attached hydrogens (primary N) is 1. The average molecular weight is 403 g/mol. The molecule has 2 heterocycles. The molecule has 0 aliphatic carbocycles. The first kappa shape index (κ1) is 18.0. The van der Waals surface area contributed by atoms with Crippen LogP contribution in [0, 0.1) is 0 Å². The highest BCUT2D eigenvalue weighted by Gasteiger charge is 2.34. The lowest BCUT2D eigenvalue weighted by Gasteiger charge is -2.16. The molecule has 1 amide bonds. The summed E-state index contributed by atoms with van der Waals surface area (Å²) in [6, 6.07) is 14.9. The van der Waals surface area contributed by atoms with Crippen LogP contribution >= 0.6 is 22.9 Å². The molecular weight excluding hydrogens is 384 g/mol. The van der Waals surface area contributed by atoms with Gasteiger partial charge in [-0.2, -0.15) is 0 Å². The van der Waals surface area contributed by atoms with Crippen molar-refractivity contribution < 1.29 is 9.53 Å². The van der Waals surface area contributed by atoms with Crippen molar-refractivity contribution in [2.45, 2.75) is 18.7 Å². The summed E-state index contributed by atoms with van der Waals surface area (Å²) in [5, 5.41) is 4.80. The van der Waals surface area contributed by atoms with Crippen LogP contribution in [0.25, 0.3) is 10.2 Å². The first-order valence-corrected chi connectivity index (χ1v) is 9.82. The van der Waals surface area contributed by atoms with Crippen LogP contribution in [-0.2, 0) is 11.3 Å². The normalized spacial score (nSPS) is 19.4. The van der Waals surface area contributed by atoms with Crippen LogP contribution in [0.2, 0.25) is 5.02 Å². The number of fused-ring (bicyclic) bond motifs is 1. The zero-order valence-corrected chi connectivity index (χ0v) is 16.0. The number of likely N-dealkylation sites (tertiary alicyclic amines) is 1. The van der Waals surface area contributed by atoms with Gasteiger partial charge in [-0.25, -0.2) is 9.78 Å². The fourth-order valence-electron chi connectivity index (χ4n) is 3.06. The number of halogens is 1. The standard InChI is InChI=1S/C19H19ClN4O2S/c20-13-6-7-15-17(8-13)27-18(22-15)23-16-10-24(9-14(16)21)19(25)26-11-12-4-2-1-3-5-12/h1-8,14,16H,9-11,21H2,(H,22,23)/t14-,16+/m0/s1. The second-order valence-electron chi connectivity index (χ2n) is 6.49. The predicted molar refractivity (Wildman–Crippen MR) is 108 cm³/mol. The number of rotatable bonds is 4. The Morgan fingerprint density at radius 3 is 2.93 bits per heavy atom. The molecule has 27 heavy (non-hydrogen) atoms. The number of anilines is 1. The number of ether oxygens (including phenoxy) is 1. The van der Waals surface area contributed by atoms with Gasteiger partial charge in [0.15, 0.2) is 5.13 Å². The third-order valence-electron chi connectivity index (χ3n) is 4.49. The van der Waals surface area contributed by atoms with Gasteiger partial charge >= 0.3 is 6.09 Å². The van der Waals surface area contributed by atoms with Crippen LogP contribution in [0.1, 0.15) is 5.56 Å². The van der Waals surface area contributed by atoms with E-state index < -0.39 is 0 Å². The van der Waals surface area contributed by atoms with E-state index >= 15 is 0 Å². The number of amides is 1. The number of nitrogens with one attached hydrogen (secondary N) is 1. The summed E-state index contributed by atoms with van der Waals surface area (Å²) in [7, 11) is 0. The van der Waals surface area contributed by atoms with E-state index in [1.165, 1.54) is 11.3 Å². The highest BCUT2D eigenvalue weighted by atomic mass is 35.5. The van der Waals surface area contributed by atoms with Crippen LogP contribution in [0.4, 0.5) is 9.93 Å². The first-order valence-electron chi connectivity index (χ1n) is 8.62. The minimum absolute atomic E-state index is 0.0784. The lowest BCUT2D eigenvalue weighted by atomic mass is 10.2. The molecule has 1 fully saturated rings. The molecule has 1 aliphatic rings. The monoisotopic (exact) mass is 402 g/mol. The topological polar surface area (TPSA) is 80.5 Å². The summed E-state index contributed by atoms with van der Waals surface area (Å²) < 4.78 is 6.41. The minimum Gasteiger partial charge on any atom is -0.445 e. The van der Waals surface area contributed by atoms with Gasteiger partial charge in [0.05, 0.1) is 16.3 Å². The van der Waals surface area contributed by atoms with Crippen molar-refractivity contribution in [2.24, 2.45) is 5.73 Å². The average Bonchev–Trinajstić information content (AvgIpc) is 3.23. The molecular formula is C19H19ClN4O2S. The SMILES string of the molecule is N[C@H]1CN(C(=O)OCc2ccccc2)C[C@H]1Nc1nc2ccc(Cl)cc2s1. The minimum atomic E-state index is -0.352. The third kappa shape index (κ3) is 4.16. The van der Waals surface area contributed by atoms with E-state index in [2.05, 4.69) is 10.3 Å². The lowest BCUT2D eigenvalue weighted by Crippen LogP contribution is -2.38. The van der Waals surface area contributed by atoms with Crippen molar-refractivity contribution in [3.8, 4) is 0 Å². The molecule has 3 aromatic rings. The van der Waals surface area contributed by atoms with E-state index in [0.717, 1.165) is 20.9 Å². The van der Waals surface area contributed by atoms with Gasteiger partial charge in [0.25, 0.3) is 0 Å². The van der Waals surface area contributed by atoms with Crippen LogP contribution in [0.15, 0.2) is 48.5 Å². The number of thiazole rings is 1. The summed E-state index contributed by atoms with van der Waals surface area (Å²) in [6.45, 7) is 1.18. The Bertz CT molecular complexity index is 949. The summed E-state index contributed by atoms with van der Waals surface area (Å²) in [4.78, 5) is 18.5. The van der Waals surface area contributed by atoms with Gasteiger partial charge in [0.2, 0.25) is 0 Å². The fraction of sp³-hybridized carbons (Fsp3) is 0.263. The Hall–Kier alpha value is -2.35. The molecule has 2 aromatic carbocycles. The zero-order valence-electron chi connectivity index (χ0n) is 14.5.